The largest absolute Gasteiger partial charge is 0.472 e. The number of ether oxygens (including phenoxy) is 1. The van der Waals surface area contributed by atoms with E-state index in [0.29, 0.717) is 6.16 Å². The molecule has 2 unspecified atom stereocenters. The standard InChI is InChI=1S/C4H8BO3P/c5-4(7)8-1-3(6)2-9/h3,6H,1-2,9H2. The van der Waals surface area contributed by atoms with Gasteiger partial charge in [-0.05, 0) is 6.16 Å². The Hall–Kier alpha value is -0.0751. The Balaban J connectivity index is 3.16. The molecule has 2 atom stereocenters. The minimum absolute atomic E-state index is 0.0289. The highest BCUT2D eigenvalue weighted by Crippen LogP contribution is 1.90. The van der Waals surface area contributed by atoms with E-state index in [1.807, 2.05) is 0 Å². The minimum Gasteiger partial charge on any atom is -0.472 e. The number of aliphatic hydroxyl groups is 1. The lowest BCUT2D eigenvalue weighted by molar-refractivity contribution is 0.0942. The zero-order valence-electron chi connectivity index (χ0n) is 4.91. The smallest absolute Gasteiger partial charge is 0.235 e. The molecule has 0 saturated carbocycles. The third kappa shape index (κ3) is 5.80. The summed E-state index contributed by atoms with van der Waals surface area (Å²) in [4.78, 5) is 9.90. The van der Waals surface area contributed by atoms with Crippen LogP contribution in [0.15, 0.2) is 0 Å². The molecule has 0 bridgehead atoms. The Bertz CT molecular complexity index is 97.8. The molecule has 0 rings (SSSR count). The topological polar surface area (TPSA) is 46.5 Å². The van der Waals surface area contributed by atoms with Crippen molar-refractivity contribution < 1.29 is 14.6 Å². The van der Waals surface area contributed by atoms with Gasteiger partial charge in [0.1, 0.15) is 6.61 Å². The first-order chi connectivity index (χ1) is 4.16. The molecule has 0 aromatic heterocycles. The van der Waals surface area contributed by atoms with Crippen molar-refractivity contribution in [2.75, 3.05) is 12.8 Å². The summed E-state index contributed by atoms with van der Waals surface area (Å²) < 4.78 is 4.27. The summed E-state index contributed by atoms with van der Waals surface area (Å²) in [6.07, 6.45) is -0.143. The van der Waals surface area contributed by atoms with E-state index in [1.165, 1.54) is 0 Å². The SMILES string of the molecule is [B]C(=O)OCC(O)CP. The number of carbonyl (C=O) groups excluding carboxylic acids is 1. The molecule has 0 aromatic rings. The highest BCUT2D eigenvalue weighted by molar-refractivity contribution is 7.16. The van der Waals surface area contributed by atoms with Gasteiger partial charge in [0.25, 0.3) is 0 Å². The summed E-state index contributed by atoms with van der Waals surface area (Å²) in [5, 5.41) is 8.75. The number of carbonyl (C=O) groups is 1. The second-order valence-corrected chi connectivity index (χ2v) is 1.99. The van der Waals surface area contributed by atoms with Gasteiger partial charge in [-0.1, -0.05) is 0 Å². The van der Waals surface area contributed by atoms with Crippen molar-refractivity contribution >= 4 is 23.0 Å². The minimum atomic E-state index is -0.854. The van der Waals surface area contributed by atoms with Crippen molar-refractivity contribution in [2.24, 2.45) is 0 Å². The molecule has 0 spiro atoms. The first kappa shape index (κ1) is 8.92. The number of aliphatic hydroxyl groups excluding tert-OH is 1. The molecule has 0 aliphatic rings. The molecule has 0 aliphatic carbocycles. The van der Waals surface area contributed by atoms with E-state index in [1.54, 1.807) is 0 Å². The Morgan fingerprint density at radius 3 is 2.78 bits per heavy atom. The second-order valence-electron chi connectivity index (χ2n) is 1.52. The molecule has 0 amide bonds. The first-order valence-corrected chi connectivity index (χ1v) is 3.29. The first-order valence-electron chi connectivity index (χ1n) is 2.47. The van der Waals surface area contributed by atoms with Crippen LogP contribution in [0.4, 0.5) is 4.79 Å². The predicted molar refractivity (Wildman–Crippen MR) is 37.7 cm³/mol. The van der Waals surface area contributed by atoms with Gasteiger partial charge in [-0.3, -0.25) is 4.79 Å². The molecule has 3 nitrogen and oxygen atoms in total. The highest BCUT2D eigenvalue weighted by Gasteiger charge is 2.00. The fourth-order valence-corrected chi connectivity index (χ4v) is 0.382. The van der Waals surface area contributed by atoms with Crippen LogP contribution in [-0.4, -0.2) is 37.7 Å². The molecule has 0 heterocycles. The van der Waals surface area contributed by atoms with E-state index < -0.39 is 12.0 Å². The summed E-state index contributed by atoms with van der Waals surface area (Å²) in [5.74, 6) is -0.854. The molecule has 9 heavy (non-hydrogen) atoms. The second kappa shape index (κ2) is 4.77. The van der Waals surface area contributed by atoms with Crippen LogP contribution in [-0.2, 0) is 4.74 Å². The number of rotatable bonds is 3. The van der Waals surface area contributed by atoms with E-state index >= 15 is 0 Å². The monoisotopic (exact) mass is 146 g/mol. The van der Waals surface area contributed by atoms with Gasteiger partial charge in [0.15, 0.2) is 0 Å². The van der Waals surface area contributed by atoms with E-state index in [0.717, 1.165) is 0 Å². The van der Waals surface area contributed by atoms with Crippen molar-refractivity contribution in [2.45, 2.75) is 6.10 Å². The third-order valence-corrected chi connectivity index (χ3v) is 1.23. The summed E-state index contributed by atoms with van der Waals surface area (Å²) in [6.45, 7) is -0.0289. The van der Waals surface area contributed by atoms with Crippen LogP contribution in [0.1, 0.15) is 0 Å². The summed E-state index contributed by atoms with van der Waals surface area (Å²) in [6, 6.07) is 0. The quantitative estimate of drug-likeness (QED) is 0.432. The molecule has 0 fully saturated rings. The van der Waals surface area contributed by atoms with Crippen molar-refractivity contribution in [1.82, 2.24) is 0 Å². The normalized spacial score (nSPS) is 12.7. The fraction of sp³-hybridized carbons (Fsp3) is 0.750. The molecular weight excluding hydrogens is 138 g/mol. The van der Waals surface area contributed by atoms with E-state index in [-0.39, 0.29) is 6.61 Å². The number of hydrogen-bond donors (Lipinski definition) is 1. The van der Waals surface area contributed by atoms with Crippen LogP contribution in [0.25, 0.3) is 0 Å². The molecule has 0 aliphatic heterocycles. The molecular formula is C4H8BO3P. The molecule has 5 heteroatoms. The maximum atomic E-state index is 9.90. The fourth-order valence-electron chi connectivity index (χ4n) is 0.246. The number of hydrogen-bond acceptors (Lipinski definition) is 3. The van der Waals surface area contributed by atoms with Gasteiger partial charge in [-0.25, -0.2) is 0 Å². The predicted octanol–water partition coefficient (Wildman–Crippen LogP) is -0.472. The Labute approximate surface area is 57.4 Å². The molecule has 50 valence electrons. The average molecular weight is 146 g/mol. The maximum absolute atomic E-state index is 9.90. The summed E-state index contributed by atoms with van der Waals surface area (Å²) >= 11 is 0. The van der Waals surface area contributed by atoms with Crippen molar-refractivity contribution in [3.8, 4) is 0 Å². The van der Waals surface area contributed by atoms with Crippen LogP contribution in [0.2, 0.25) is 0 Å². The Morgan fingerprint density at radius 2 is 2.44 bits per heavy atom. The Kier molecular flexibility index (Phi) is 4.73. The summed E-state index contributed by atoms with van der Waals surface area (Å²) in [7, 11) is 6.93. The van der Waals surface area contributed by atoms with Crippen LogP contribution in [0.5, 0.6) is 0 Å². The van der Waals surface area contributed by atoms with Gasteiger partial charge >= 0.3 is 0 Å². The van der Waals surface area contributed by atoms with Gasteiger partial charge in [0, 0.05) is 0 Å². The van der Waals surface area contributed by atoms with Gasteiger partial charge in [0.2, 0.25) is 13.7 Å². The average Bonchev–Trinajstić information content (AvgIpc) is 1.83. The third-order valence-electron chi connectivity index (χ3n) is 0.690. The van der Waals surface area contributed by atoms with E-state index in [9.17, 15) is 4.79 Å². The lowest BCUT2D eigenvalue weighted by Crippen LogP contribution is -2.18. The van der Waals surface area contributed by atoms with Crippen LogP contribution >= 0.6 is 9.24 Å². The zero-order chi connectivity index (χ0) is 7.28. The maximum Gasteiger partial charge on any atom is 0.235 e. The molecule has 0 aromatic carbocycles. The molecule has 1 N–H and O–H groups in total. The molecule has 2 radical (unpaired) electrons. The van der Waals surface area contributed by atoms with E-state index in [2.05, 4.69) is 21.8 Å². The van der Waals surface area contributed by atoms with Crippen molar-refractivity contribution in [3.05, 3.63) is 0 Å². The van der Waals surface area contributed by atoms with Crippen LogP contribution < -0.4 is 0 Å². The highest BCUT2D eigenvalue weighted by atomic mass is 31.0. The summed E-state index contributed by atoms with van der Waals surface area (Å²) in [5.41, 5.74) is 0. The van der Waals surface area contributed by atoms with Crippen molar-refractivity contribution in [1.29, 1.82) is 0 Å². The van der Waals surface area contributed by atoms with Gasteiger partial charge in [0.05, 0.1) is 6.10 Å². The van der Waals surface area contributed by atoms with Crippen molar-refractivity contribution in [3.63, 3.8) is 0 Å². The molecule has 0 saturated heterocycles. The lowest BCUT2D eigenvalue weighted by atomic mass is 10.2. The van der Waals surface area contributed by atoms with E-state index in [4.69, 9.17) is 5.11 Å². The van der Waals surface area contributed by atoms with Gasteiger partial charge < -0.3 is 9.84 Å². The van der Waals surface area contributed by atoms with Crippen LogP contribution in [0.3, 0.4) is 0 Å². The lowest BCUT2D eigenvalue weighted by Gasteiger charge is -2.06. The van der Waals surface area contributed by atoms with Gasteiger partial charge in [-0.15, -0.1) is 9.24 Å². The Morgan fingerprint density at radius 1 is 1.89 bits per heavy atom. The zero-order valence-corrected chi connectivity index (χ0v) is 6.06. The van der Waals surface area contributed by atoms with Crippen LogP contribution in [0, 0.1) is 0 Å². The van der Waals surface area contributed by atoms with Gasteiger partial charge in [-0.2, -0.15) is 0 Å².